The molecule has 1 fully saturated rings. The maximum atomic E-state index is 13.1. The van der Waals surface area contributed by atoms with E-state index < -0.39 is 15.4 Å². The summed E-state index contributed by atoms with van der Waals surface area (Å²) in [5.41, 5.74) is 0.281. The third-order valence-electron chi connectivity index (χ3n) is 3.14. The third kappa shape index (κ3) is 3.43. The first-order valence-corrected chi connectivity index (χ1v) is 7.88. The van der Waals surface area contributed by atoms with Crippen LogP contribution >= 0.6 is 11.6 Å². The van der Waals surface area contributed by atoms with Crippen molar-refractivity contribution in [2.45, 2.75) is 25.4 Å². The van der Waals surface area contributed by atoms with E-state index in [0.29, 0.717) is 23.6 Å². The quantitative estimate of drug-likeness (QED) is 0.928. The molecule has 1 aliphatic rings. The average molecular weight is 292 g/mol. The fourth-order valence-electron chi connectivity index (χ4n) is 2.18. The second-order valence-corrected chi connectivity index (χ2v) is 7.65. The summed E-state index contributed by atoms with van der Waals surface area (Å²) in [4.78, 5) is 0. The van der Waals surface area contributed by atoms with Crippen LogP contribution in [0.1, 0.15) is 18.9 Å². The maximum absolute atomic E-state index is 13.1. The zero-order valence-electron chi connectivity index (χ0n) is 10.0. The molecule has 1 heterocycles. The molecule has 2 rings (SSSR count). The molecule has 0 aromatic heterocycles. The molecule has 0 radical (unpaired) electrons. The Balaban J connectivity index is 2.04. The zero-order chi connectivity index (χ0) is 13.4. The van der Waals surface area contributed by atoms with Gasteiger partial charge in [-0.15, -0.1) is 0 Å². The van der Waals surface area contributed by atoms with Crippen molar-refractivity contribution < 1.29 is 12.8 Å². The van der Waals surface area contributed by atoms with E-state index in [1.165, 1.54) is 12.1 Å². The summed E-state index contributed by atoms with van der Waals surface area (Å²) >= 11 is 5.76. The van der Waals surface area contributed by atoms with Crippen molar-refractivity contribution in [1.29, 1.82) is 0 Å². The first-order valence-electron chi connectivity index (χ1n) is 5.68. The first kappa shape index (κ1) is 13.8. The maximum Gasteiger partial charge on any atom is 0.152 e. The number of halogens is 2. The Bertz CT molecular complexity index is 541. The van der Waals surface area contributed by atoms with Crippen molar-refractivity contribution in [2.24, 2.45) is 0 Å². The molecule has 1 saturated heterocycles. The summed E-state index contributed by atoms with van der Waals surface area (Å²) in [5.74, 6) is -0.0489. The van der Waals surface area contributed by atoms with Crippen LogP contribution in [-0.2, 0) is 16.4 Å². The molecule has 0 bridgehead atoms. The lowest BCUT2D eigenvalue weighted by molar-refractivity contribution is 0.395. The highest BCUT2D eigenvalue weighted by Crippen LogP contribution is 2.23. The van der Waals surface area contributed by atoms with Gasteiger partial charge in [0.05, 0.1) is 11.5 Å². The van der Waals surface area contributed by atoms with Gasteiger partial charge in [-0.2, -0.15) is 0 Å². The predicted molar refractivity (Wildman–Crippen MR) is 69.9 cm³/mol. The zero-order valence-corrected chi connectivity index (χ0v) is 11.6. The van der Waals surface area contributed by atoms with Gasteiger partial charge in [0.15, 0.2) is 9.84 Å². The van der Waals surface area contributed by atoms with Crippen LogP contribution in [0, 0.1) is 5.82 Å². The Morgan fingerprint density at radius 1 is 1.44 bits per heavy atom. The van der Waals surface area contributed by atoms with Crippen molar-refractivity contribution in [3.05, 3.63) is 34.6 Å². The van der Waals surface area contributed by atoms with Crippen LogP contribution in [0.2, 0.25) is 5.02 Å². The molecule has 0 amide bonds. The Morgan fingerprint density at radius 2 is 2.17 bits per heavy atom. The molecule has 1 unspecified atom stereocenters. The molecule has 6 heteroatoms. The van der Waals surface area contributed by atoms with Crippen LogP contribution in [0.5, 0.6) is 0 Å². The van der Waals surface area contributed by atoms with E-state index in [-0.39, 0.29) is 17.3 Å². The minimum Gasteiger partial charge on any atom is -0.306 e. The number of sulfone groups is 1. The summed E-state index contributed by atoms with van der Waals surface area (Å²) in [6.45, 7) is 2.28. The lowest BCUT2D eigenvalue weighted by Crippen LogP contribution is -2.42. The monoisotopic (exact) mass is 291 g/mol. The van der Waals surface area contributed by atoms with E-state index >= 15 is 0 Å². The molecule has 3 nitrogen and oxygen atoms in total. The Labute approximate surface area is 111 Å². The second-order valence-electron chi connectivity index (χ2n) is 5.03. The number of hydrogen-bond donors (Lipinski definition) is 1. The Kier molecular flexibility index (Phi) is 3.67. The van der Waals surface area contributed by atoms with Gasteiger partial charge in [0, 0.05) is 17.1 Å². The molecule has 0 saturated carbocycles. The first-order chi connectivity index (χ1) is 8.28. The molecule has 100 valence electrons. The Hall–Kier alpha value is -0.650. The van der Waals surface area contributed by atoms with Gasteiger partial charge in [-0.05, 0) is 37.1 Å². The molecule has 0 spiro atoms. The van der Waals surface area contributed by atoms with Gasteiger partial charge < -0.3 is 5.32 Å². The normalized spacial score (nSPS) is 26.4. The SMILES string of the molecule is CC1(NCc2cc(F)cc(Cl)c2)CCS(=O)(=O)C1. The molecule has 1 aliphatic heterocycles. The van der Waals surface area contributed by atoms with Crippen molar-refractivity contribution in [2.75, 3.05) is 11.5 Å². The average Bonchev–Trinajstić information content (AvgIpc) is 2.50. The van der Waals surface area contributed by atoms with Gasteiger partial charge in [-0.25, -0.2) is 12.8 Å². The molecule has 1 aromatic rings. The van der Waals surface area contributed by atoms with Crippen molar-refractivity contribution >= 4 is 21.4 Å². The van der Waals surface area contributed by atoms with Gasteiger partial charge in [-0.1, -0.05) is 11.6 Å². The number of rotatable bonds is 3. The number of hydrogen-bond acceptors (Lipinski definition) is 3. The second kappa shape index (κ2) is 4.79. The van der Waals surface area contributed by atoms with E-state index in [4.69, 9.17) is 11.6 Å². The number of nitrogens with one attached hydrogen (secondary N) is 1. The molecule has 0 aliphatic carbocycles. The molecule has 1 aromatic carbocycles. The van der Waals surface area contributed by atoms with Gasteiger partial charge in [0.1, 0.15) is 5.82 Å². The lowest BCUT2D eigenvalue weighted by atomic mass is 10.0. The van der Waals surface area contributed by atoms with Gasteiger partial charge in [0.25, 0.3) is 0 Å². The summed E-state index contributed by atoms with van der Waals surface area (Å²) in [6.07, 6.45) is 0.582. The Morgan fingerprint density at radius 3 is 2.72 bits per heavy atom. The van der Waals surface area contributed by atoms with Crippen LogP contribution in [0.3, 0.4) is 0 Å². The standard InChI is InChI=1S/C12H15ClFNO2S/c1-12(2-3-18(16,17)8-12)15-7-9-4-10(13)6-11(14)5-9/h4-6,15H,2-3,7-8H2,1H3. The lowest BCUT2D eigenvalue weighted by Gasteiger charge is -2.24. The highest BCUT2D eigenvalue weighted by molar-refractivity contribution is 7.91. The molecule has 1 atom stereocenters. The smallest absolute Gasteiger partial charge is 0.152 e. The summed E-state index contributed by atoms with van der Waals surface area (Å²) < 4.78 is 36.0. The van der Waals surface area contributed by atoms with Crippen LogP contribution < -0.4 is 5.32 Å². The summed E-state index contributed by atoms with van der Waals surface area (Å²) in [7, 11) is -2.94. The molecular formula is C12H15ClFNO2S. The van der Waals surface area contributed by atoms with E-state index in [1.807, 2.05) is 6.92 Å². The van der Waals surface area contributed by atoms with E-state index in [1.54, 1.807) is 6.07 Å². The van der Waals surface area contributed by atoms with Crippen molar-refractivity contribution in [3.8, 4) is 0 Å². The van der Waals surface area contributed by atoms with E-state index in [9.17, 15) is 12.8 Å². The highest BCUT2D eigenvalue weighted by atomic mass is 35.5. The fraction of sp³-hybridized carbons (Fsp3) is 0.500. The van der Waals surface area contributed by atoms with E-state index in [0.717, 1.165) is 0 Å². The fourth-order valence-corrected chi connectivity index (χ4v) is 4.55. The van der Waals surface area contributed by atoms with Gasteiger partial charge in [0.2, 0.25) is 0 Å². The van der Waals surface area contributed by atoms with E-state index in [2.05, 4.69) is 5.32 Å². The topological polar surface area (TPSA) is 46.2 Å². The van der Waals surface area contributed by atoms with Crippen LogP contribution in [-0.4, -0.2) is 25.5 Å². The highest BCUT2D eigenvalue weighted by Gasteiger charge is 2.37. The summed E-state index contributed by atoms with van der Waals surface area (Å²) in [6, 6.07) is 4.31. The minimum absolute atomic E-state index is 0.128. The number of benzene rings is 1. The van der Waals surface area contributed by atoms with Crippen LogP contribution in [0.4, 0.5) is 4.39 Å². The minimum atomic E-state index is -2.94. The van der Waals surface area contributed by atoms with Gasteiger partial charge in [-0.3, -0.25) is 0 Å². The van der Waals surface area contributed by atoms with Crippen molar-refractivity contribution in [3.63, 3.8) is 0 Å². The van der Waals surface area contributed by atoms with Crippen molar-refractivity contribution in [1.82, 2.24) is 5.32 Å². The predicted octanol–water partition coefficient (Wildman–Crippen LogP) is 2.15. The molecular weight excluding hydrogens is 277 g/mol. The molecule has 1 N–H and O–H groups in total. The van der Waals surface area contributed by atoms with Crippen LogP contribution in [0.25, 0.3) is 0 Å². The largest absolute Gasteiger partial charge is 0.306 e. The van der Waals surface area contributed by atoms with Crippen LogP contribution in [0.15, 0.2) is 18.2 Å². The third-order valence-corrected chi connectivity index (χ3v) is 5.27. The molecule has 18 heavy (non-hydrogen) atoms. The summed E-state index contributed by atoms with van der Waals surface area (Å²) in [5, 5.41) is 3.52. The van der Waals surface area contributed by atoms with Gasteiger partial charge >= 0.3 is 0 Å².